The van der Waals surface area contributed by atoms with E-state index < -0.39 is 0 Å². The maximum absolute atomic E-state index is 13.6. The Kier molecular flexibility index (Phi) is 6.60. The van der Waals surface area contributed by atoms with E-state index in [1.54, 1.807) is 42.9 Å². The van der Waals surface area contributed by atoms with Crippen molar-refractivity contribution in [2.24, 2.45) is 0 Å². The molecule has 1 atom stereocenters. The molecule has 2 N–H and O–H groups in total. The average Bonchev–Trinajstić information content (AvgIpc) is 3.40. The number of anilines is 2. The fraction of sp³-hybridized carbons (Fsp3) is 0.138. The first-order chi connectivity index (χ1) is 18.6. The van der Waals surface area contributed by atoms with Crippen molar-refractivity contribution in [1.82, 2.24) is 24.8 Å². The lowest BCUT2D eigenvalue weighted by atomic mass is 10.1. The van der Waals surface area contributed by atoms with E-state index in [2.05, 4.69) is 20.6 Å². The zero-order valence-corrected chi connectivity index (χ0v) is 20.3. The summed E-state index contributed by atoms with van der Waals surface area (Å²) in [6.07, 6.45) is 3.35. The van der Waals surface area contributed by atoms with Gasteiger partial charge in [-0.1, -0.05) is 12.1 Å². The summed E-state index contributed by atoms with van der Waals surface area (Å²) in [7, 11) is 0. The van der Waals surface area contributed by atoms with E-state index in [1.807, 2.05) is 28.8 Å². The van der Waals surface area contributed by atoms with Crippen LogP contribution in [-0.2, 0) is 4.74 Å². The lowest BCUT2D eigenvalue weighted by Crippen LogP contribution is -2.33. The Labute approximate surface area is 218 Å². The van der Waals surface area contributed by atoms with Gasteiger partial charge in [-0.2, -0.15) is 0 Å². The van der Waals surface area contributed by atoms with Crippen molar-refractivity contribution in [3.63, 3.8) is 0 Å². The minimum Gasteiger partial charge on any atom is -0.371 e. The summed E-state index contributed by atoms with van der Waals surface area (Å²) in [6, 6.07) is 22.0. The van der Waals surface area contributed by atoms with Crippen LogP contribution in [0.1, 0.15) is 11.7 Å². The minimum absolute atomic E-state index is 0.0361. The zero-order valence-electron chi connectivity index (χ0n) is 20.3. The van der Waals surface area contributed by atoms with E-state index in [1.165, 1.54) is 24.3 Å². The number of rotatable bonds is 6. The predicted octanol–water partition coefficient (Wildman–Crippen LogP) is 5.68. The summed E-state index contributed by atoms with van der Waals surface area (Å²) in [4.78, 5) is 13.8. The first-order valence-corrected chi connectivity index (χ1v) is 12.3. The Morgan fingerprint density at radius 1 is 0.868 bits per heavy atom. The molecule has 1 aliphatic rings. The number of halogens is 2. The van der Waals surface area contributed by atoms with Gasteiger partial charge in [0.05, 0.1) is 29.8 Å². The Morgan fingerprint density at radius 2 is 1.61 bits per heavy atom. The third-order valence-electron chi connectivity index (χ3n) is 6.35. The summed E-state index contributed by atoms with van der Waals surface area (Å²) in [5.74, 6) is -0.262. The van der Waals surface area contributed by atoms with Crippen molar-refractivity contribution < 1.29 is 13.5 Å². The van der Waals surface area contributed by atoms with Crippen LogP contribution in [0.5, 0.6) is 0 Å². The summed E-state index contributed by atoms with van der Waals surface area (Å²) in [5.41, 5.74) is 5.26. The summed E-state index contributed by atoms with van der Waals surface area (Å²) in [6.45, 7) is 2.35. The molecule has 9 heteroatoms. The first kappa shape index (κ1) is 23.9. The molecule has 1 unspecified atom stereocenters. The van der Waals surface area contributed by atoms with Gasteiger partial charge in [-0.25, -0.2) is 23.7 Å². The van der Waals surface area contributed by atoms with Gasteiger partial charge in [-0.3, -0.25) is 4.57 Å². The van der Waals surface area contributed by atoms with Crippen LogP contribution in [0.3, 0.4) is 0 Å². The average molecular weight is 511 g/mol. The van der Waals surface area contributed by atoms with Crippen LogP contribution >= 0.6 is 0 Å². The Morgan fingerprint density at radius 3 is 2.32 bits per heavy atom. The highest BCUT2D eigenvalue weighted by molar-refractivity contribution is 5.78. The predicted molar refractivity (Wildman–Crippen MR) is 141 cm³/mol. The third-order valence-corrected chi connectivity index (χ3v) is 6.35. The summed E-state index contributed by atoms with van der Waals surface area (Å²) in [5, 5.41) is 6.60. The molecule has 0 bridgehead atoms. The van der Waals surface area contributed by atoms with E-state index >= 15 is 0 Å². The Hall–Kier alpha value is -4.47. The van der Waals surface area contributed by atoms with Gasteiger partial charge in [0, 0.05) is 36.2 Å². The monoisotopic (exact) mass is 510 g/mol. The number of nitrogens with zero attached hydrogens (tertiary/aromatic N) is 4. The number of benzene rings is 3. The molecule has 6 rings (SSSR count). The van der Waals surface area contributed by atoms with Crippen molar-refractivity contribution in [3.05, 3.63) is 109 Å². The molecule has 0 aliphatic carbocycles. The molecule has 1 fully saturated rings. The molecular formula is C29H24F2N6O. The molecule has 3 aromatic carbocycles. The Bertz CT molecular complexity index is 1470. The standard InChI is InChI=1S/C29H24F2N6O/c30-21-5-1-20(2-6-21)27-28(37(18-34-27)24-11-7-22(31)8-12-24)25-13-14-33-29(36-25)35-23-9-3-19(4-10-23)26-17-32-15-16-38-26/h1-14,18,26,32H,15-17H2,(H,33,35,36). The molecule has 7 nitrogen and oxygen atoms in total. The molecule has 0 saturated carbocycles. The number of morpholine rings is 1. The van der Waals surface area contributed by atoms with Crippen LogP contribution in [-0.4, -0.2) is 39.2 Å². The topological polar surface area (TPSA) is 76.9 Å². The van der Waals surface area contributed by atoms with Crippen molar-refractivity contribution in [3.8, 4) is 28.3 Å². The van der Waals surface area contributed by atoms with E-state index in [-0.39, 0.29) is 17.7 Å². The highest BCUT2D eigenvalue weighted by Crippen LogP contribution is 2.33. The van der Waals surface area contributed by atoms with Crippen molar-refractivity contribution in [2.45, 2.75) is 6.10 Å². The van der Waals surface area contributed by atoms with Crippen LogP contribution in [0.4, 0.5) is 20.4 Å². The van der Waals surface area contributed by atoms with Gasteiger partial charge in [-0.15, -0.1) is 0 Å². The second kappa shape index (κ2) is 10.5. The molecule has 0 radical (unpaired) electrons. The molecule has 190 valence electrons. The number of hydrogen-bond acceptors (Lipinski definition) is 6. The number of ether oxygens (including phenoxy) is 1. The molecule has 5 aromatic rings. The summed E-state index contributed by atoms with van der Waals surface area (Å²) < 4.78 is 34.9. The van der Waals surface area contributed by atoms with Crippen LogP contribution in [0.25, 0.3) is 28.3 Å². The maximum Gasteiger partial charge on any atom is 0.227 e. The van der Waals surface area contributed by atoms with Crippen molar-refractivity contribution >= 4 is 11.6 Å². The molecule has 1 saturated heterocycles. The van der Waals surface area contributed by atoms with E-state index in [9.17, 15) is 8.78 Å². The van der Waals surface area contributed by atoms with Gasteiger partial charge in [0.25, 0.3) is 0 Å². The van der Waals surface area contributed by atoms with Gasteiger partial charge in [0.2, 0.25) is 5.95 Å². The smallest absolute Gasteiger partial charge is 0.227 e. The molecular weight excluding hydrogens is 486 g/mol. The minimum atomic E-state index is -0.334. The van der Waals surface area contributed by atoms with Gasteiger partial charge < -0.3 is 15.4 Å². The van der Waals surface area contributed by atoms with E-state index in [0.29, 0.717) is 35.3 Å². The van der Waals surface area contributed by atoms with Gasteiger partial charge in [0.1, 0.15) is 18.0 Å². The number of hydrogen-bond donors (Lipinski definition) is 2. The molecule has 38 heavy (non-hydrogen) atoms. The van der Waals surface area contributed by atoms with Crippen LogP contribution < -0.4 is 10.6 Å². The fourth-order valence-electron chi connectivity index (χ4n) is 4.45. The first-order valence-electron chi connectivity index (χ1n) is 12.3. The third kappa shape index (κ3) is 5.02. The number of aromatic nitrogens is 4. The molecule has 1 aliphatic heterocycles. The van der Waals surface area contributed by atoms with Crippen LogP contribution in [0.2, 0.25) is 0 Å². The second-order valence-electron chi connectivity index (χ2n) is 8.87. The molecule has 3 heterocycles. The maximum atomic E-state index is 13.6. The number of nitrogens with one attached hydrogen (secondary N) is 2. The SMILES string of the molecule is Fc1ccc(-c2ncn(-c3ccc(F)cc3)c2-c2ccnc(Nc3ccc(C4CNCCO4)cc3)n2)cc1. The van der Waals surface area contributed by atoms with Gasteiger partial charge in [0.15, 0.2) is 0 Å². The normalized spacial score (nSPS) is 15.4. The fourth-order valence-corrected chi connectivity index (χ4v) is 4.45. The van der Waals surface area contributed by atoms with E-state index in [4.69, 9.17) is 9.72 Å². The highest BCUT2D eigenvalue weighted by Gasteiger charge is 2.19. The lowest BCUT2D eigenvalue weighted by molar-refractivity contribution is 0.0277. The summed E-state index contributed by atoms with van der Waals surface area (Å²) >= 11 is 0. The van der Waals surface area contributed by atoms with Crippen LogP contribution in [0, 0.1) is 11.6 Å². The van der Waals surface area contributed by atoms with Crippen molar-refractivity contribution in [2.75, 3.05) is 25.0 Å². The van der Waals surface area contributed by atoms with E-state index in [0.717, 1.165) is 29.9 Å². The zero-order chi connectivity index (χ0) is 25.9. The molecule has 0 amide bonds. The highest BCUT2D eigenvalue weighted by atomic mass is 19.1. The van der Waals surface area contributed by atoms with Gasteiger partial charge >= 0.3 is 0 Å². The molecule has 2 aromatic heterocycles. The quantitative estimate of drug-likeness (QED) is 0.306. The van der Waals surface area contributed by atoms with Crippen molar-refractivity contribution in [1.29, 1.82) is 0 Å². The lowest BCUT2D eigenvalue weighted by Gasteiger charge is -2.24. The van der Waals surface area contributed by atoms with Gasteiger partial charge in [-0.05, 0) is 72.3 Å². The van der Waals surface area contributed by atoms with Crippen LogP contribution in [0.15, 0.2) is 91.4 Å². The largest absolute Gasteiger partial charge is 0.371 e. The molecule has 0 spiro atoms. The second-order valence-corrected chi connectivity index (χ2v) is 8.87. The Balaban J connectivity index is 1.34. The number of imidazole rings is 1.